The van der Waals surface area contributed by atoms with Crippen molar-refractivity contribution in [1.29, 1.82) is 0 Å². The second kappa shape index (κ2) is 44.1. The van der Waals surface area contributed by atoms with Crippen molar-refractivity contribution in [3.63, 3.8) is 0 Å². The van der Waals surface area contributed by atoms with Gasteiger partial charge in [0.1, 0.15) is 24.4 Å². The van der Waals surface area contributed by atoms with Gasteiger partial charge >= 0.3 is 5.97 Å². The predicted molar refractivity (Wildman–Crippen MR) is 264 cm³/mol. The molecule has 1 aliphatic heterocycles. The normalized spacial score (nSPS) is 20.1. The number of aliphatic hydroxyl groups excluding tert-OH is 5. The smallest absolute Gasteiger partial charge is 0.305 e. The molecule has 65 heavy (non-hydrogen) atoms. The molecule has 7 atom stereocenters. The van der Waals surface area contributed by atoms with Crippen molar-refractivity contribution in [2.75, 3.05) is 19.8 Å². The van der Waals surface area contributed by atoms with Crippen LogP contribution in [0.15, 0.2) is 48.6 Å². The van der Waals surface area contributed by atoms with E-state index in [1.54, 1.807) is 6.08 Å². The van der Waals surface area contributed by atoms with Crippen LogP contribution in [0.3, 0.4) is 0 Å². The minimum atomic E-state index is -1.58. The number of allylic oxidation sites excluding steroid dienone is 7. The fourth-order valence-electron chi connectivity index (χ4n) is 7.89. The maximum absolute atomic E-state index is 13.0. The van der Waals surface area contributed by atoms with Crippen molar-refractivity contribution >= 4 is 11.9 Å². The van der Waals surface area contributed by atoms with E-state index in [2.05, 4.69) is 55.6 Å². The van der Waals surface area contributed by atoms with Gasteiger partial charge in [0, 0.05) is 12.8 Å². The predicted octanol–water partition coefficient (Wildman–Crippen LogP) is 10.9. The lowest BCUT2D eigenvalue weighted by Gasteiger charge is -2.40. The fourth-order valence-corrected chi connectivity index (χ4v) is 7.89. The van der Waals surface area contributed by atoms with Gasteiger partial charge < -0.3 is 45.1 Å². The zero-order valence-electron chi connectivity index (χ0n) is 41.2. The highest BCUT2D eigenvalue weighted by Gasteiger charge is 2.44. The first kappa shape index (κ1) is 60.6. The van der Waals surface area contributed by atoms with Gasteiger partial charge in [0.05, 0.1) is 32.0 Å². The van der Waals surface area contributed by atoms with Crippen LogP contribution in [0.4, 0.5) is 0 Å². The Labute approximate surface area is 396 Å². The van der Waals surface area contributed by atoms with Gasteiger partial charge in [0.25, 0.3) is 0 Å². The Morgan fingerprint density at radius 1 is 0.569 bits per heavy atom. The van der Waals surface area contributed by atoms with Gasteiger partial charge in [-0.1, -0.05) is 165 Å². The van der Waals surface area contributed by atoms with Crippen LogP contribution in [0, 0.1) is 0 Å². The molecule has 1 rings (SSSR count). The third-order valence-corrected chi connectivity index (χ3v) is 12.2. The molecule has 0 radical (unpaired) electrons. The first-order chi connectivity index (χ1) is 31.7. The largest absolute Gasteiger partial charge is 0.466 e. The molecule has 0 saturated carbocycles. The molecular weight excluding hydrogens is 823 g/mol. The van der Waals surface area contributed by atoms with Gasteiger partial charge in [-0.15, -0.1) is 0 Å². The van der Waals surface area contributed by atoms with Crippen LogP contribution in [-0.4, -0.2) is 100 Å². The van der Waals surface area contributed by atoms with Crippen LogP contribution in [0.1, 0.15) is 219 Å². The summed E-state index contributed by atoms with van der Waals surface area (Å²) < 4.78 is 16.6. The Morgan fingerprint density at radius 3 is 1.60 bits per heavy atom. The molecular formula is C54H97NO10. The van der Waals surface area contributed by atoms with Gasteiger partial charge in [-0.2, -0.15) is 0 Å². The van der Waals surface area contributed by atoms with Crippen molar-refractivity contribution in [2.24, 2.45) is 0 Å². The Hall–Kier alpha value is -2.38. The molecule has 1 saturated heterocycles. The Morgan fingerprint density at radius 2 is 1.03 bits per heavy atom. The van der Waals surface area contributed by atoms with Crippen molar-refractivity contribution in [1.82, 2.24) is 5.32 Å². The van der Waals surface area contributed by atoms with E-state index in [9.17, 15) is 35.1 Å². The highest BCUT2D eigenvalue weighted by molar-refractivity contribution is 5.76. The van der Waals surface area contributed by atoms with Gasteiger partial charge in [0.15, 0.2) is 6.29 Å². The topological polar surface area (TPSA) is 175 Å². The lowest BCUT2D eigenvalue weighted by molar-refractivity contribution is -0.302. The SMILES string of the molecule is CCCCC/C=C\CCCCCCCC(=O)OCCCCC/C=C\C=C/CCCCCCCCC(=O)NC(COC1OC(CO)C(O)C(O)C1O)C(O)/C=C/CCCCCCCCCC. The van der Waals surface area contributed by atoms with Crippen molar-refractivity contribution < 1.29 is 49.3 Å². The molecule has 0 spiro atoms. The number of unbranched alkanes of at least 4 members (excludes halogenated alkanes) is 25. The van der Waals surface area contributed by atoms with Crippen molar-refractivity contribution in [3.8, 4) is 0 Å². The van der Waals surface area contributed by atoms with Crippen LogP contribution >= 0.6 is 0 Å². The summed E-state index contributed by atoms with van der Waals surface area (Å²) in [6.07, 6.45) is 43.3. The zero-order valence-corrected chi connectivity index (χ0v) is 41.2. The molecule has 0 bridgehead atoms. The monoisotopic (exact) mass is 920 g/mol. The molecule has 1 fully saturated rings. The van der Waals surface area contributed by atoms with Gasteiger partial charge in [-0.05, 0) is 89.9 Å². The summed E-state index contributed by atoms with van der Waals surface area (Å²) in [4.78, 5) is 25.0. The van der Waals surface area contributed by atoms with Crippen molar-refractivity contribution in [2.45, 2.75) is 262 Å². The van der Waals surface area contributed by atoms with E-state index in [4.69, 9.17) is 14.2 Å². The first-order valence-electron chi connectivity index (χ1n) is 26.4. The second-order valence-electron chi connectivity index (χ2n) is 18.2. The lowest BCUT2D eigenvalue weighted by atomic mass is 9.99. The van der Waals surface area contributed by atoms with Crippen molar-refractivity contribution in [3.05, 3.63) is 48.6 Å². The molecule has 378 valence electrons. The van der Waals surface area contributed by atoms with Crippen LogP contribution in [0.2, 0.25) is 0 Å². The number of hydrogen-bond acceptors (Lipinski definition) is 10. The van der Waals surface area contributed by atoms with E-state index in [1.165, 1.54) is 89.9 Å². The molecule has 0 aromatic rings. The molecule has 6 N–H and O–H groups in total. The van der Waals surface area contributed by atoms with Crippen LogP contribution in [0.25, 0.3) is 0 Å². The molecule has 11 nitrogen and oxygen atoms in total. The van der Waals surface area contributed by atoms with E-state index in [0.717, 1.165) is 103 Å². The number of amides is 1. The zero-order chi connectivity index (χ0) is 47.4. The van der Waals surface area contributed by atoms with Gasteiger partial charge in [-0.3, -0.25) is 9.59 Å². The third kappa shape index (κ3) is 34.6. The van der Waals surface area contributed by atoms with E-state index in [1.807, 2.05) is 6.08 Å². The number of hydrogen-bond donors (Lipinski definition) is 6. The Balaban J connectivity index is 2.17. The summed E-state index contributed by atoms with van der Waals surface area (Å²) in [5.41, 5.74) is 0. The van der Waals surface area contributed by atoms with E-state index < -0.39 is 49.5 Å². The molecule has 0 aromatic heterocycles. The summed E-state index contributed by atoms with van der Waals surface area (Å²) in [5.74, 6) is -0.260. The van der Waals surface area contributed by atoms with Gasteiger partial charge in [-0.25, -0.2) is 0 Å². The number of rotatable bonds is 44. The Bertz CT molecular complexity index is 1220. The van der Waals surface area contributed by atoms with Gasteiger partial charge in [0.2, 0.25) is 5.91 Å². The standard InChI is InChI=1S/C54H97NO10/c1-3-5-7-9-11-13-15-22-26-30-34-38-42-50(59)63-43-39-35-31-27-23-20-18-16-17-19-21-25-29-33-37-41-49(58)55-46(45-64-54-53(62)52(61)51(60)48(44-56)65-54)47(57)40-36-32-28-24-14-12-10-8-6-4-2/h11,13,16,18,20,23,36,40,46-48,51-54,56-57,60-62H,3-10,12,14-15,17,19,21-22,24-35,37-39,41-45H2,1-2H3,(H,55,58)/b13-11-,18-16-,23-20-,40-36+. The summed E-state index contributed by atoms with van der Waals surface area (Å²) in [6, 6.07) is -0.826. The fraction of sp³-hybridized carbons (Fsp3) is 0.815. The number of aliphatic hydroxyl groups is 5. The summed E-state index contributed by atoms with van der Waals surface area (Å²) >= 11 is 0. The number of ether oxygens (including phenoxy) is 3. The molecule has 0 aromatic carbocycles. The number of esters is 1. The van der Waals surface area contributed by atoms with E-state index >= 15 is 0 Å². The average molecular weight is 920 g/mol. The van der Waals surface area contributed by atoms with Crippen LogP contribution < -0.4 is 5.32 Å². The molecule has 1 heterocycles. The maximum atomic E-state index is 13.0. The summed E-state index contributed by atoms with van der Waals surface area (Å²) in [5, 5.41) is 54.1. The molecule has 1 amide bonds. The third-order valence-electron chi connectivity index (χ3n) is 12.2. The summed E-state index contributed by atoms with van der Waals surface area (Å²) in [7, 11) is 0. The highest BCUT2D eigenvalue weighted by atomic mass is 16.7. The number of carbonyl (C=O) groups is 2. The Kier molecular flexibility index (Phi) is 41.2. The number of carbonyl (C=O) groups excluding carboxylic acids is 2. The number of nitrogens with one attached hydrogen (secondary N) is 1. The first-order valence-corrected chi connectivity index (χ1v) is 26.4. The average Bonchev–Trinajstić information content (AvgIpc) is 3.30. The highest BCUT2D eigenvalue weighted by Crippen LogP contribution is 2.23. The van der Waals surface area contributed by atoms with Crippen LogP contribution in [0.5, 0.6) is 0 Å². The quantitative estimate of drug-likeness (QED) is 0.0149. The minimum absolute atomic E-state index is 0.0521. The second-order valence-corrected chi connectivity index (χ2v) is 18.2. The van der Waals surface area contributed by atoms with E-state index in [0.29, 0.717) is 19.4 Å². The van der Waals surface area contributed by atoms with Crippen LogP contribution in [-0.2, 0) is 23.8 Å². The molecule has 11 heteroatoms. The molecule has 0 aliphatic carbocycles. The van der Waals surface area contributed by atoms with E-state index in [-0.39, 0.29) is 18.5 Å². The lowest BCUT2D eigenvalue weighted by Crippen LogP contribution is -2.60. The minimum Gasteiger partial charge on any atom is -0.466 e. The maximum Gasteiger partial charge on any atom is 0.305 e. The molecule has 1 aliphatic rings. The summed E-state index contributed by atoms with van der Waals surface area (Å²) in [6.45, 7) is 4.20. The molecule has 7 unspecified atom stereocenters.